The first-order chi connectivity index (χ1) is 11.7. The number of H-pyrrole nitrogens is 1. The molecule has 118 valence electrons. The Hall–Kier alpha value is -3.14. The van der Waals surface area contributed by atoms with E-state index in [4.69, 9.17) is 0 Å². The van der Waals surface area contributed by atoms with Crippen molar-refractivity contribution in [1.82, 2.24) is 15.3 Å². The lowest BCUT2D eigenvalue weighted by atomic mass is 10.1. The van der Waals surface area contributed by atoms with Crippen molar-refractivity contribution in [1.29, 1.82) is 0 Å². The minimum atomic E-state index is -0.173. The van der Waals surface area contributed by atoms with E-state index >= 15 is 0 Å². The Bertz CT molecular complexity index is 1030. The van der Waals surface area contributed by atoms with Crippen molar-refractivity contribution in [3.8, 4) is 0 Å². The third kappa shape index (κ3) is 2.52. The molecule has 4 nitrogen and oxygen atoms in total. The molecular weight excluding hydrogens is 298 g/mol. The maximum Gasteiger partial charge on any atom is 0.272 e. The minimum absolute atomic E-state index is 0.173. The molecule has 0 saturated heterocycles. The Morgan fingerprint density at radius 3 is 2.75 bits per heavy atom. The van der Waals surface area contributed by atoms with Crippen molar-refractivity contribution in [2.24, 2.45) is 0 Å². The quantitative estimate of drug-likeness (QED) is 0.601. The van der Waals surface area contributed by atoms with Crippen LogP contribution in [0.15, 0.2) is 60.8 Å². The number of benzene rings is 2. The highest BCUT2D eigenvalue weighted by Gasteiger charge is 2.15. The Kier molecular flexibility index (Phi) is 3.50. The van der Waals surface area contributed by atoms with Crippen molar-refractivity contribution < 1.29 is 4.79 Å². The van der Waals surface area contributed by atoms with Crippen LogP contribution < -0.4 is 5.32 Å². The summed E-state index contributed by atoms with van der Waals surface area (Å²) in [6.07, 6.45) is 1.69. The van der Waals surface area contributed by atoms with E-state index in [2.05, 4.69) is 34.3 Å². The number of aryl methyl sites for hydroxylation is 1. The number of aromatic amines is 1. The second-order valence-corrected chi connectivity index (χ2v) is 5.92. The van der Waals surface area contributed by atoms with Crippen LogP contribution in [0, 0.1) is 6.92 Å². The summed E-state index contributed by atoms with van der Waals surface area (Å²) in [5, 5.41) is 5.08. The Morgan fingerprint density at radius 2 is 1.92 bits per heavy atom. The summed E-state index contributed by atoms with van der Waals surface area (Å²) in [6, 6.07) is 18.0. The molecule has 2 heterocycles. The van der Waals surface area contributed by atoms with Gasteiger partial charge in [0.25, 0.3) is 5.91 Å². The number of hydrogen-bond donors (Lipinski definition) is 2. The molecule has 4 aromatic rings. The number of aromatic nitrogens is 2. The van der Waals surface area contributed by atoms with E-state index in [9.17, 15) is 4.79 Å². The molecule has 24 heavy (non-hydrogen) atoms. The molecule has 0 saturated carbocycles. The number of amides is 1. The molecule has 0 radical (unpaired) electrons. The highest BCUT2D eigenvalue weighted by atomic mass is 16.1. The van der Waals surface area contributed by atoms with E-state index < -0.39 is 0 Å². The third-order valence-electron chi connectivity index (χ3n) is 4.19. The molecular formula is C20H17N3O. The van der Waals surface area contributed by atoms with E-state index in [-0.39, 0.29) is 5.91 Å². The standard InChI is InChI=1S/C20H17N3O/c1-13-7-8-17-16(11-13)15-9-10-21-19(18(15)23-17)20(24)22-12-14-5-3-2-4-6-14/h2-11,23H,12H2,1H3,(H,22,24). The van der Waals surface area contributed by atoms with Crippen LogP contribution in [0.5, 0.6) is 0 Å². The summed E-state index contributed by atoms with van der Waals surface area (Å²) in [7, 11) is 0. The molecule has 1 amide bonds. The van der Waals surface area contributed by atoms with Gasteiger partial charge in [-0.25, -0.2) is 4.98 Å². The maximum atomic E-state index is 12.6. The molecule has 4 rings (SSSR count). The van der Waals surface area contributed by atoms with Crippen LogP contribution in [-0.4, -0.2) is 15.9 Å². The molecule has 0 aliphatic rings. The predicted molar refractivity (Wildman–Crippen MR) is 95.9 cm³/mol. The van der Waals surface area contributed by atoms with Gasteiger partial charge in [0.05, 0.1) is 5.52 Å². The first kappa shape index (κ1) is 14.5. The molecule has 4 heteroatoms. The van der Waals surface area contributed by atoms with E-state index in [0.29, 0.717) is 12.2 Å². The normalized spacial score (nSPS) is 11.0. The monoisotopic (exact) mass is 315 g/mol. The molecule has 0 atom stereocenters. The predicted octanol–water partition coefficient (Wildman–Crippen LogP) is 3.95. The molecule has 0 aliphatic carbocycles. The molecule has 2 aromatic carbocycles. The SMILES string of the molecule is Cc1ccc2[nH]c3c(C(=O)NCc4ccccc4)nccc3c2c1. The van der Waals surface area contributed by atoms with Gasteiger partial charge in [-0.3, -0.25) is 4.79 Å². The van der Waals surface area contributed by atoms with Crippen molar-refractivity contribution in [3.63, 3.8) is 0 Å². The second-order valence-electron chi connectivity index (χ2n) is 5.92. The molecule has 2 N–H and O–H groups in total. The fraction of sp³-hybridized carbons (Fsp3) is 0.100. The Balaban J connectivity index is 1.71. The van der Waals surface area contributed by atoms with Gasteiger partial charge in [0.1, 0.15) is 0 Å². The molecule has 2 aromatic heterocycles. The van der Waals surface area contributed by atoms with E-state index in [1.807, 2.05) is 42.5 Å². The van der Waals surface area contributed by atoms with Gasteiger partial charge in [-0.1, -0.05) is 42.0 Å². The minimum Gasteiger partial charge on any atom is -0.353 e. The third-order valence-corrected chi connectivity index (χ3v) is 4.19. The number of carbonyl (C=O) groups excluding carboxylic acids is 1. The zero-order valence-electron chi connectivity index (χ0n) is 13.3. The number of nitrogens with zero attached hydrogens (tertiary/aromatic N) is 1. The van der Waals surface area contributed by atoms with Crippen molar-refractivity contribution in [2.75, 3.05) is 0 Å². The van der Waals surface area contributed by atoms with Gasteiger partial charge < -0.3 is 10.3 Å². The molecule has 0 bridgehead atoms. The average molecular weight is 315 g/mol. The zero-order valence-corrected chi connectivity index (χ0v) is 13.3. The lowest BCUT2D eigenvalue weighted by Crippen LogP contribution is -2.24. The van der Waals surface area contributed by atoms with Crippen LogP contribution in [0.1, 0.15) is 21.6 Å². The fourth-order valence-electron chi connectivity index (χ4n) is 2.97. The van der Waals surface area contributed by atoms with Crippen molar-refractivity contribution >= 4 is 27.7 Å². The molecule has 0 unspecified atom stereocenters. The van der Waals surface area contributed by atoms with E-state index in [0.717, 1.165) is 27.4 Å². The lowest BCUT2D eigenvalue weighted by molar-refractivity contribution is 0.0947. The molecule has 0 aliphatic heterocycles. The van der Waals surface area contributed by atoms with Crippen LogP contribution in [0.3, 0.4) is 0 Å². The summed E-state index contributed by atoms with van der Waals surface area (Å²) in [5.74, 6) is -0.173. The largest absolute Gasteiger partial charge is 0.353 e. The van der Waals surface area contributed by atoms with E-state index in [1.54, 1.807) is 6.20 Å². The van der Waals surface area contributed by atoms with Crippen LogP contribution in [0.25, 0.3) is 21.8 Å². The average Bonchev–Trinajstić information content (AvgIpc) is 2.98. The van der Waals surface area contributed by atoms with Crippen molar-refractivity contribution in [3.05, 3.63) is 77.6 Å². The molecule has 0 spiro atoms. The summed E-state index contributed by atoms with van der Waals surface area (Å²) in [5.41, 5.74) is 4.47. The number of carbonyl (C=O) groups is 1. The van der Waals surface area contributed by atoms with Gasteiger partial charge in [0.2, 0.25) is 0 Å². The highest BCUT2D eigenvalue weighted by molar-refractivity contribution is 6.13. The maximum absolute atomic E-state index is 12.6. The highest BCUT2D eigenvalue weighted by Crippen LogP contribution is 2.27. The number of fused-ring (bicyclic) bond motifs is 3. The first-order valence-electron chi connectivity index (χ1n) is 7.91. The number of pyridine rings is 1. The van der Waals surface area contributed by atoms with Gasteiger partial charge in [0, 0.05) is 29.0 Å². The van der Waals surface area contributed by atoms with Crippen LogP contribution in [0.2, 0.25) is 0 Å². The van der Waals surface area contributed by atoms with Gasteiger partial charge in [0.15, 0.2) is 5.69 Å². The van der Waals surface area contributed by atoms with Gasteiger partial charge in [-0.15, -0.1) is 0 Å². The van der Waals surface area contributed by atoms with Crippen molar-refractivity contribution in [2.45, 2.75) is 13.5 Å². The van der Waals surface area contributed by atoms with Gasteiger partial charge in [-0.05, 0) is 30.7 Å². The number of nitrogens with one attached hydrogen (secondary N) is 2. The number of rotatable bonds is 3. The lowest BCUT2D eigenvalue weighted by Gasteiger charge is -2.05. The Labute approximate surface area is 139 Å². The molecule has 0 fully saturated rings. The second kappa shape index (κ2) is 5.81. The van der Waals surface area contributed by atoms with Gasteiger partial charge >= 0.3 is 0 Å². The summed E-state index contributed by atoms with van der Waals surface area (Å²) < 4.78 is 0. The van der Waals surface area contributed by atoms with E-state index in [1.165, 1.54) is 5.56 Å². The van der Waals surface area contributed by atoms with Gasteiger partial charge in [-0.2, -0.15) is 0 Å². The zero-order chi connectivity index (χ0) is 16.5. The Morgan fingerprint density at radius 1 is 1.08 bits per heavy atom. The van der Waals surface area contributed by atoms with Crippen LogP contribution >= 0.6 is 0 Å². The smallest absolute Gasteiger partial charge is 0.272 e. The van der Waals surface area contributed by atoms with Crippen LogP contribution in [-0.2, 0) is 6.54 Å². The fourth-order valence-corrected chi connectivity index (χ4v) is 2.97. The number of hydrogen-bond acceptors (Lipinski definition) is 2. The topological polar surface area (TPSA) is 57.8 Å². The summed E-state index contributed by atoms with van der Waals surface area (Å²) in [4.78, 5) is 20.2. The first-order valence-corrected chi connectivity index (χ1v) is 7.91. The summed E-state index contributed by atoms with van der Waals surface area (Å²) >= 11 is 0. The summed E-state index contributed by atoms with van der Waals surface area (Å²) in [6.45, 7) is 2.55. The van der Waals surface area contributed by atoms with Crippen LogP contribution in [0.4, 0.5) is 0 Å².